The minimum atomic E-state index is -0.901. The van der Waals surface area contributed by atoms with Gasteiger partial charge in [0.2, 0.25) is 0 Å². The van der Waals surface area contributed by atoms with Gasteiger partial charge < -0.3 is 39.9 Å². The zero-order valence-corrected chi connectivity index (χ0v) is 35.1. The summed E-state index contributed by atoms with van der Waals surface area (Å²) in [5, 5.41) is 5.46. The highest BCUT2D eigenvalue weighted by Crippen LogP contribution is 2.39. The molecule has 4 amide bonds. The molecule has 0 aliphatic carbocycles. The van der Waals surface area contributed by atoms with E-state index in [1.165, 1.54) is 14.2 Å². The van der Waals surface area contributed by atoms with Crippen LogP contribution >= 0.6 is 0 Å². The quantitative estimate of drug-likeness (QED) is 0.101. The summed E-state index contributed by atoms with van der Waals surface area (Å²) in [4.78, 5) is 72.9. The van der Waals surface area contributed by atoms with Crippen molar-refractivity contribution in [1.82, 2.24) is 40.4 Å². The monoisotopic (exact) mass is 834 g/mol. The first-order valence-corrected chi connectivity index (χ1v) is 20.9. The Morgan fingerprint density at radius 3 is 1.26 bits per heavy atom. The van der Waals surface area contributed by atoms with E-state index in [1.54, 1.807) is 12.4 Å². The molecule has 8 rings (SSSR count). The minimum Gasteiger partial charge on any atom is -0.453 e. The number of aromatic nitrogens is 4. The molecular formula is C48H50N8O6. The lowest BCUT2D eigenvalue weighted by Gasteiger charge is -2.31. The van der Waals surface area contributed by atoms with Crippen LogP contribution in [0.2, 0.25) is 0 Å². The maximum absolute atomic E-state index is 14.1. The molecule has 2 aliphatic rings. The van der Waals surface area contributed by atoms with Gasteiger partial charge in [0.1, 0.15) is 23.7 Å². The summed E-state index contributed by atoms with van der Waals surface area (Å²) in [6.45, 7) is 4.04. The van der Waals surface area contributed by atoms with E-state index in [1.807, 2.05) is 109 Å². The number of nitrogens with zero attached hydrogens (tertiary/aromatic N) is 4. The second-order valence-corrected chi connectivity index (χ2v) is 15.9. The number of aromatic amines is 2. The normalized spacial score (nSPS) is 19.4. The highest BCUT2D eigenvalue weighted by Gasteiger charge is 2.42. The summed E-state index contributed by atoms with van der Waals surface area (Å²) in [6.07, 6.45) is 5.31. The van der Waals surface area contributed by atoms with Crippen molar-refractivity contribution in [2.45, 2.75) is 75.8 Å². The molecule has 6 atom stereocenters. The zero-order chi connectivity index (χ0) is 43.3. The van der Waals surface area contributed by atoms with Crippen LogP contribution in [-0.2, 0) is 19.1 Å². The van der Waals surface area contributed by atoms with Crippen molar-refractivity contribution >= 4 is 24.0 Å². The van der Waals surface area contributed by atoms with Crippen molar-refractivity contribution in [3.05, 3.63) is 144 Å². The molecule has 4 heterocycles. The number of hydrogen-bond acceptors (Lipinski definition) is 8. The number of nitrogens with one attached hydrogen (secondary N) is 4. The largest absolute Gasteiger partial charge is 0.453 e. The van der Waals surface area contributed by atoms with Crippen LogP contribution in [0.1, 0.15) is 86.5 Å². The molecule has 0 radical (unpaired) electrons. The Balaban J connectivity index is 0.946. The fourth-order valence-corrected chi connectivity index (χ4v) is 8.76. The van der Waals surface area contributed by atoms with Gasteiger partial charge in [0.25, 0.3) is 11.8 Å². The Bertz CT molecular complexity index is 2330. The summed E-state index contributed by atoms with van der Waals surface area (Å²) in [7, 11) is 2.56. The number of benzene rings is 4. The predicted molar refractivity (Wildman–Crippen MR) is 233 cm³/mol. The SMILES string of the molecule is COC(=O)N[C@@H](C(=O)N1[C@@H](C)CC[C@H]1c1ncc(-c2ccc(-c3ccc(-c4cnc([C@@H]5CC[C@H](C)N5C(=O)[C@H](NC(=O)OC)c5ccccc5)[nH]4)cc3)cc2)[nH]1)c1ccccc1. The zero-order valence-electron chi connectivity index (χ0n) is 35.1. The number of carbonyl (C=O) groups excluding carboxylic acids is 4. The number of alkyl carbamates (subject to hydrolysis) is 2. The van der Waals surface area contributed by atoms with Crippen LogP contribution in [0.3, 0.4) is 0 Å². The molecule has 0 spiro atoms. The molecule has 318 valence electrons. The first kappa shape index (κ1) is 41.5. The molecule has 4 aromatic carbocycles. The van der Waals surface area contributed by atoms with Crippen LogP contribution < -0.4 is 10.6 Å². The lowest BCUT2D eigenvalue weighted by molar-refractivity contribution is -0.137. The number of H-pyrrole nitrogens is 2. The summed E-state index contributed by atoms with van der Waals surface area (Å²) >= 11 is 0. The van der Waals surface area contributed by atoms with E-state index in [0.717, 1.165) is 59.3 Å². The highest BCUT2D eigenvalue weighted by atomic mass is 16.5. The number of likely N-dealkylation sites (tertiary alicyclic amines) is 2. The van der Waals surface area contributed by atoms with E-state index in [9.17, 15) is 19.2 Å². The van der Waals surface area contributed by atoms with E-state index < -0.39 is 24.3 Å². The van der Waals surface area contributed by atoms with Crippen molar-refractivity contribution in [2.24, 2.45) is 0 Å². The van der Waals surface area contributed by atoms with Crippen LogP contribution in [-0.4, -0.2) is 80.0 Å². The van der Waals surface area contributed by atoms with Crippen LogP contribution in [0, 0.1) is 0 Å². The van der Waals surface area contributed by atoms with E-state index in [4.69, 9.17) is 19.4 Å². The lowest BCUT2D eigenvalue weighted by Crippen LogP contribution is -2.45. The maximum atomic E-state index is 14.1. The molecule has 62 heavy (non-hydrogen) atoms. The molecule has 2 aromatic heterocycles. The Kier molecular flexibility index (Phi) is 12.2. The molecule has 2 fully saturated rings. The van der Waals surface area contributed by atoms with Crippen molar-refractivity contribution in [3.8, 4) is 33.6 Å². The predicted octanol–water partition coefficient (Wildman–Crippen LogP) is 8.43. The van der Waals surface area contributed by atoms with Gasteiger partial charge in [0.05, 0.1) is 50.1 Å². The maximum Gasteiger partial charge on any atom is 0.407 e. The molecule has 14 heteroatoms. The second-order valence-electron chi connectivity index (χ2n) is 15.9. The summed E-state index contributed by atoms with van der Waals surface area (Å²) < 4.78 is 9.71. The molecule has 4 N–H and O–H groups in total. The number of carbonyl (C=O) groups is 4. The van der Waals surface area contributed by atoms with Gasteiger partial charge in [-0.2, -0.15) is 0 Å². The second kappa shape index (κ2) is 18.2. The number of methoxy groups -OCH3 is 2. The lowest BCUT2D eigenvalue weighted by atomic mass is 10.0. The molecule has 0 unspecified atom stereocenters. The molecule has 14 nitrogen and oxygen atoms in total. The number of rotatable bonds is 11. The number of ether oxygens (including phenoxy) is 2. The summed E-state index contributed by atoms with van der Waals surface area (Å²) in [5.41, 5.74) is 7.01. The molecular weight excluding hydrogens is 785 g/mol. The third-order valence-corrected chi connectivity index (χ3v) is 12.0. The smallest absolute Gasteiger partial charge is 0.407 e. The average molecular weight is 835 g/mol. The first-order valence-electron chi connectivity index (χ1n) is 20.9. The van der Waals surface area contributed by atoms with Gasteiger partial charge in [0, 0.05) is 12.1 Å². The van der Waals surface area contributed by atoms with E-state index >= 15 is 0 Å². The van der Waals surface area contributed by atoms with Crippen molar-refractivity contribution in [1.29, 1.82) is 0 Å². The highest BCUT2D eigenvalue weighted by molar-refractivity contribution is 5.88. The molecule has 2 saturated heterocycles. The van der Waals surface area contributed by atoms with Gasteiger partial charge in [-0.05, 0) is 72.9 Å². The van der Waals surface area contributed by atoms with Crippen LogP contribution in [0.5, 0.6) is 0 Å². The fourth-order valence-electron chi connectivity index (χ4n) is 8.76. The van der Waals surface area contributed by atoms with E-state index in [-0.39, 0.29) is 36.0 Å². The van der Waals surface area contributed by atoms with Gasteiger partial charge in [-0.3, -0.25) is 9.59 Å². The molecule has 6 aromatic rings. The molecule has 2 aliphatic heterocycles. The topological polar surface area (TPSA) is 175 Å². The van der Waals surface area contributed by atoms with E-state index in [0.29, 0.717) is 22.8 Å². The van der Waals surface area contributed by atoms with Gasteiger partial charge >= 0.3 is 12.2 Å². The Morgan fingerprint density at radius 1 is 0.548 bits per heavy atom. The number of hydrogen-bond donors (Lipinski definition) is 4. The van der Waals surface area contributed by atoms with Crippen molar-refractivity contribution in [2.75, 3.05) is 14.2 Å². The molecule has 0 saturated carbocycles. The van der Waals surface area contributed by atoms with Gasteiger partial charge in [-0.25, -0.2) is 19.6 Å². The van der Waals surface area contributed by atoms with Gasteiger partial charge in [-0.1, -0.05) is 109 Å². The summed E-state index contributed by atoms with van der Waals surface area (Å²) in [5.74, 6) is 0.947. The van der Waals surface area contributed by atoms with Crippen LogP contribution in [0.4, 0.5) is 9.59 Å². The van der Waals surface area contributed by atoms with Crippen LogP contribution in [0.25, 0.3) is 33.6 Å². The Hall–Kier alpha value is -7.22. The first-order chi connectivity index (χ1) is 30.1. The Labute approximate surface area is 360 Å². The van der Waals surface area contributed by atoms with Crippen LogP contribution in [0.15, 0.2) is 122 Å². The average Bonchev–Trinajstić information content (AvgIpc) is 4.15. The summed E-state index contributed by atoms with van der Waals surface area (Å²) in [6, 6.07) is 32.3. The number of imidazole rings is 2. The minimum absolute atomic E-state index is 0.0544. The van der Waals surface area contributed by atoms with Gasteiger partial charge in [0.15, 0.2) is 0 Å². The third-order valence-electron chi connectivity index (χ3n) is 12.0. The van der Waals surface area contributed by atoms with Crippen molar-refractivity contribution in [3.63, 3.8) is 0 Å². The molecule has 0 bridgehead atoms. The van der Waals surface area contributed by atoms with Gasteiger partial charge in [-0.15, -0.1) is 0 Å². The standard InChI is InChI=1S/C48H50N8O6/c1-29-15-25-39(55(29)45(57)41(53-47(59)61-3)35-11-7-5-8-12-35)43-49-27-37(51-43)33-21-17-31(18-22-33)32-19-23-34(24-20-32)38-28-50-44(52-38)40-26-16-30(2)56(40)46(58)42(54-48(60)62-4)36-13-9-6-10-14-36/h5-14,17-24,27-30,39-42H,15-16,25-26H2,1-4H3,(H,49,51)(H,50,52)(H,53,59)(H,54,60)/t29-,30-,39-,40-,41+,42+/m0/s1. The van der Waals surface area contributed by atoms with Crippen molar-refractivity contribution < 1.29 is 28.7 Å². The third kappa shape index (κ3) is 8.53. The number of amides is 4. The van der Waals surface area contributed by atoms with E-state index in [2.05, 4.69) is 44.9 Å². The fraction of sp³-hybridized carbons (Fsp3) is 0.292. The Morgan fingerprint density at radius 2 is 0.903 bits per heavy atom.